The molecule has 3 fully saturated rings. The number of alkyl halides is 2. The topological polar surface area (TPSA) is 344 Å². The second-order valence-electron chi connectivity index (χ2n) is 25.2. The van der Waals surface area contributed by atoms with Crippen molar-refractivity contribution in [3.63, 3.8) is 0 Å². The van der Waals surface area contributed by atoms with Crippen LogP contribution >= 0.6 is 56.2 Å². The molecule has 0 radical (unpaired) electrons. The van der Waals surface area contributed by atoms with E-state index in [0.29, 0.717) is 105 Å². The minimum atomic E-state index is -2.74. The number of likely N-dealkylation sites (N-methyl/N-ethyl adjacent to an activating group) is 2. The summed E-state index contributed by atoms with van der Waals surface area (Å²) in [4.78, 5) is 127. The highest BCUT2D eigenvalue weighted by Gasteiger charge is 2.76. The van der Waals surface area contributed by atoms with Gasteiger partial charge in [-0.05, 0) is 142 Å². The first-order valence-electron chi connectivity index (χ1n) is 31.0. The number of rotatable bonds is 28. The number of hydrogen-bond donors (Lipinski definition) is 11. The number of aryl methyl sites for hydroxylation is 2. The Labute approximate surface area is 561 Å². The van der Waals surface area contributed by atoms with Crippen LogP contribution in [0.5, 0.6) is 11.5 Å². The van der Waals surface area contributed by atoms with Crippen molar-refractivity contribution >= 4 is 147 Å². The summed E-state index contributed by atoms with van der Waals surface area (Å²) in [5, 5.41) is 15.6. The lowest BCUT2D eigenvalue weighted by molar-refractivity contribution is -0.205. The zero-order chi connectivity index (χ0) is 67.4. The summed E-state index contributed by atoms with van der Waals surface area (Å²) in [5.41, 5.74) is 16.9. The van der Waals surface area contributed by atoms with Crippen LogP contribution in [-0.2, 0) is 40.1 Å². The molecule has 0 unspecified atom stereocenters. The summed E-state index contributed by atoms with van der Waals surface area (Å²) in [6, 6.07) is 6.63. The number of nitrogens with zero attached hydrogens (tertiary/aromatic N) is 4. The van der Waals surface area contributed by atoms with Crippen LogP contribution in [0.25, 0.3) is 21.8 Å². The van der Waals surface area contributed by atoms with Gasteiger partial charge in [0.15, 0.2) is 11.5 Å². The number of primary amides is 1. The molecule has 3 aromatic carbocycles. The van der Waals surface area contributed by atoms with Gasteiger partial charge >= 0.3 is 14.6 Å². The second-order valence-corrected chi connectivity index (χ2v) is 27.2. The number of urea groups is 1. The second kappa shape index (κ2) is 29.7. The van der Waals surface area contributed by atoms with E-state index in [0.717, 1.165) is 38.6 Å². The highest BCUT2D eigenvalue weighted by molar-refractivity contribution is 7.80. The predicted octanol–water partition coefficient (Wildman–Crippen LogP) is 6.74. The number of aromatic nitrogens is 2. The van der Waals surface area contributed by atoms with Gasteiger partial charge in [0.05, 0.1) is 33.2 Å². The van der Waals surface area contributed by atoms with Crippen LogP contribution in [0.4, 0.5) is 21.9 Å². The van der Waals surface area contributed by atoms with E-state index in [1.165, 1.54) is 6.92 Å². The molecule has 8 amide bonds. The Bertz CT molecular complexity index is 3680. The largest absolute Gasteiger partial charge is 0.466 e. The monoisotopic (exact) mass is 1380 g/mol. The molecule has 5 aromatic rings. The summed E-state index contributed by atoms with van der Waals surface area (Å²) in [6.45, 7) is 10.8. The molecule has 93 heavy (non-hydrogen) atoms. The molecule has 0 saturated heterocycles. The van der Waals surface area contributed by atoms with Gasteiger partial charge in [0, 0.05) is 118 Å². The van der Waals surface area contributed by atoms with Crippen molar-refractivity contribution < 1.29 is 57.3 Å². The molecule has 2 aromatic heterocycles. The highest BCUT2D eigenvalue weighted by atomic mass is 35.5. The highest BCUT2D eigenvalue weighted by Crippen LogP contribution is 2.75. The quantitative estimate of drug-likeness (QED) is 0.0107. The Balaban J connectivity index is 0.785. The molecular weight excluding hydrogens is 1300 g/mol. The van der Waals surface area contributed by atoms with Gasteiger partial charge in [-0.3, -0.25) is 28.8 Å². The van der Waals surface area contributed by atoms with E-state index in [-0.39, 0.29) is 77.5 Å². The van der Waals surface area contributed by atoms with Gasteiger partial charge in [0.1, 0.15) is 24.7 Å². The number of hydrogen-bond acceptors (Lipinski definition) is 15. The Morgan fingerprint density at radius 2 is 1.28 bits per heavy atom. The van der Waals surface area contributed by atoms with Gasteiger partial charge in [-0.2, -0.15) is 0 Å². The zero-order valence-corrected chi connectivity index (χ0v) is 57.1. The lowest BCUT2D eigenvalue weighted by atomic mass is 9.34. The van der Waals surface area contributed by atoms with Crippen molar-refractivity contribution in [2.24, 2.45) is 28.2 Å². The molecule has 2 bridgehead atoms. The molecule has 25 nitrogen and oxygen atoms in total. The van der Waals surface area contributed by atoms with E-state index in [2.05, 4.69) is 36.6 Å². The standard InChI is InChI=1S/C63H82Cl2N13O12PS2/c1-33(2)51(74-55(81)41(71-36(5)79)11-8-9-17-66)56(82)73-42(12-10-18-68-59(67)85)54(80)72-40-15-13-37(14-16-40)29-88-60(92)75(6)19-20-76(7)61(93)89-45-21-43-49(47-34(3)25-69-52(45)47)38(23-64)27-77(43)57(83)62-30-63(31-62,32-62)58(84)78-28-39(24-65)50-44(78)22-46(90-91(86)87)53-48(50)35(4)26-70-53/h13-16,21-22,25-26,33,38-39,41-42,51,69-70,86-87H,8-12,17-20,23-24,27-32,66H2,1-7H3,(H,71,79)(H,72,80)(H,73,82)(H,74,81)(H3,67,68,85)/t38-,39-,41+,42+,51+,62?,63?/m1/s1. The average molecular weight is 1380 g/mol. The number of halogens is 2. The SMILES string of the molecule is CC(=O)N[C@@H](CCCCN)C(=O)N[C@H](C(=O)N[C@@H](CCCNC(N)=O)C(=O)Nc1ccc(COC(=S)N(C)CCN(C)C(=S)Oc2cc3c(c4c(C)c[nH]c24)[C@H](CCl)CN3C(=O)C23CC(C(=O)N4C[C@@H](CCl)c5c4cc(OP(O)O)c4[nH]cc(C)c54)(C2)C3)cc1)C(C)C. The van der Waals surface area contributed by atoms with Crippen LogP contribution in [0.2, 0.25) is 0 Å². The smallest absolute Gasteiger partial charge is 0.391 e. The number of nitrogens with one attached hydrogen (secondary N) is 7. The van der Waals surface area contributed by atoms with Crippen LogP contribution in [0.15, 0.2) is 48.8 Å². The van der Waals surface area contributed by atoms with Crippen molar-refractivity contribution in [1.29, 1.82) is 0 Å². The zero-order valence-electron chi connectivity index (χ0n) is 53.0. The third kappa shape index (κ3) is 15.0. The minimum Gasteiger partial charge on any atom is -0.466 e. The van der Waals surface area contributed by atoms with Gasteiger partial charge in [0.2, 0.25) is 35.4 Å². The van der Waals surface area contributed by atoms with Crippen molar-refractivity contribution in [1.82, 2.24) is 41.0 Å². The number of nitrogens with two attached hydrogens (primary N) is 2. The predicted molar refractivity (Wildman–Crippen MR) is 365 cm³/mol. The van der Waals surface area contributed by atoms with E-state index in [1.54, 1.807) is 73.0 Å². The first-order valence-corrected chi connectivity index (χ1v) is 34.0. The number of unbranched alkanes of at least 4 members (excludes halogenated alkanes) is 1. The molecule has 5 aliphatic rings. The number of carbonyl (C=O) groups is 7. The van der Waals surface area contributed by atoms with E-state index in [1.807, 2.05) is 37.2 Å². The third-order valence-electron chi connectivity index (χ3n) is 18.1. The number of carbonyl (C=O) groups excluding carboxylic acids is 7. The maximum atomic E-state index is 15.0. The first-order chi connectivity index (χ1) is 44.2. The van der Waals surface area contributed by atoms with Crippen LogP contribution in [-0.4, -0.2) is 165 Å². The third-order valence-corrected chi connectivity index (χ3v) is 20.1. The van der Waals surface area contributed by atoms with E-state index < -0.39 is 73.1 Å². The van der Waals surface area contributed by atoms with Crippen LogP contribution in [0.1, 0.15) is 112 Å². The number of fused-ring (bicyclic) bond motifs is 6. The molecule has 13 N–H and O–H groups in total. The van der Waals surface area contributed by atoms with Gasteiger partial charge < -0.3 is 91.4 Å². The summed E-state index contributed by atoms with van der Waals surface area (Å²) in [5.74, 6) is -1.83. The maximum absolute atomic E-state index is 15.0. The summed E-state index contributed by atoms with van der Waals surface area (Å²) in [7, 11) is 0.849. The molecule has 0 spiro atoms. The van der Waals surface area contributed by atoms with Gasteiger partial charge in [-0.15, -0.1) is 23.2 Å². The number of anilines is 3. The lowest BCUT2D eigenvalue weighted by Gasteiger charge is -2.69. The van der Waals surface area contributed by atoms with E-state index in [4.69, 9.17) is 73.1 Å². The Morgan fingerprint density at radius 3 is 1.80 bits per heavy atom. The molecule has 2 aliphatic heterocycles. The summed E-state index contributed by atoms with van der Waals surface area (Å²) >= 11 is 24.8. The molecule has 10 rings (SSSR count). The normalized spacial score (nSPS) is 19.4. The number of H-pyrrole nitrogens is 2. The molecule has 5 atom stereocenters. The van der Waals surface area contributed by atoms with Gasteiger partial charge in [0.25, 0.3) is 10.3 Å². The Morgan fingerprint density at radius 1 is 0.753 bits per heavy atom. The van der Waals surface area contributed by atoms with Crippen molar-refractivity contribution in [3.05, 3.63) is 76.6 Å². The number of ether oxygens (including phenoxy) is 2. The van der Waals surface area contributed by atoms with Crippen molar-refractivity contribution in [2.75, 3.05) is 80.2 Å². The van der Waals surface area contributed by atoms with Gasteiger partial charge in [-0.25, -0.2) is 4.79 Å². The van der Waals surface area contributed by atoms with Gasteiger partial charge in [-0.1, -0.05) is 26.0 Å². The number of amides is 8. The molecule has 4 heterocycles. The lowest BCUT2D eigenvalue weighted by Crippen LogP contribution is -2.73. The number of aromatic amines is 2. The Kier molecular flexibility index (Phi) is 22.4. The molecule has 3 aliphatic carbocycles. The van der Waals surface area contributed by atoms with E-state index >= 15 is 0 Å². The molecular formula is C63H82Cl2N13O12PS2. The minimum absolute atomic E-state index is 0.0720. The fourth-order valence-corrected chi connectivity index (χ4v) is 14.5. The van der Waals surface area contributed by atoms with Crippen LogP contribution in [0.3, 0.4) is 0 Å². The van der Waals surface area contributed by atoms with Crippen molar-refractivity contribution in [3.8, 4) is 11.5 Å². The summed E-state index contributed by atoms with van der Waals surface area (Å²) in [6.07, 6.45) is 6.78. The molecule has 30 heteroatoms. The number of benzene rings is 3. The van der Waals surface area contributed by atoms with E-state index in [9.17, 15) is 43.3 Å². The van der Waals surface area contributed by atoms with Crippen LogP contribution < -0.4 is 57.1 Å². The summed E-state index contributed by atoms with van der Waals surface area (Å²) < 4.78 is 18.0. The fourth-order valence-electron chi connectivity index (χ4n) is 13.4. The molecule has 3 saturated carbocycles. The average Bonchev–Trinajstić information content (AvgIpc) is 1.46. The number of thiocarbonyl (C=S) groups is 2. The maximum Gasteiger partial charge on any atom is 0.391 e. The Hall–Kier alpha value is -7.10. The molecule has 502 valence electrons. The van der Waals surface area contributed by atoms with Crippen LogP contribution in [0, 0.1) is 30.6 Å². The van der Waals surface area contributed by atoms with Crippen molar-refractivity contribution in [2.45, 2.75) is 123 Å². The first kappa shape index (κ1) is 70.2. The fraction of sp³-hybridized carbons (Fsp3) is 0.508.